The number of benzene rings is 1. The van der Waals surface area contributed by atoms with Crippen LogP contribution < -0.4 is 0 Å². The summed E-state index contributed by atoms with van der Waals surface area (Å²) in [6.45, 7) is 0. The van der Waals surface area contributed by atoms with Gasteiger partial charge in [-0.15, -0.1) is 0 Å². The van der Waals surface area contributed by atoms with Crippen molar-refractivity contribution in [1.82, 2.24) is 0 Å². The maximum absolute atomic E-state index is 7.00. The van der Waals surface area contributed by atoms with Crippen molar-refractivity contribution in [3.8, 4) is 0 Å². The molecule has 0 aliphatic carbocycles. The SMILES string of the molecule is CO.CO.CO.CO.[Ta].[c-]1ccccc1. The molecular formula is C10H21O4Ta-. The minimum absolute atomic E-state index is 0. The standard InChI is InChI=1S/C6H5.4CH4O.Ta/c1-2-4-6-5-3-1;4*1-2;/h1-5H;4*2H,1H3;/q-1;;;;;. The fraction of sp³-hybridized carbons (Fsp3) is 0.400. The van der Waals surface area contributed by atoms with Gasteiger partial charge in [0, 0.05) is 50.8 Å². The van der Waals surface area contributed by atoms with E-state index in [1.807, 2.05) is 30.3 Å². The Kier molecular flexibility index (Phi) is 131. The van der Waals surface area contributed by atoms with Gasteiger partial charge in [0.1, 0.15) is 0 Å². The molecule has 0 aliphatic rings. The Morgan fingerprint density at radius 1 is 0.600 bits per heavy atom. The molecule has 1 radical (unpaired) electrons. The maximum atomic E-state index is 7.00. The van der Waals surface area contributed by atoms with Crippen LogP contribution in [0.5, 0.6) is 0 Å². The van der Waals surface area contributed by atoms with Gasteiger partial charge in [-0.3, -0.25) is 0 Å². The molecule has 4 nitrogen and oxygen atoms in total. The van der Waals surface area contributed by atoms with Crippen LogP contribution in [-0.4, -0.2) is 48.9 Å². The van der Waals surface area contributed by atoms with Crippen molar-refractivity contribution in [2.24, 2.45) is 0 Å². The molecule has 0 unspecified atom stereocenters. The molecule has 0 spiro atoms. The number of hydrogen-bond acceptors (Lipinski definition) is 4. The van der Waals surface area contributed by atoms with Gasteiger partial charge in [-0.25, -0.2) is 0 Å². The topological polar surface area (TPSA) is 80.9 Å². The van der Waals surface area contributed by atoms with Crippen molar-refractivity contribution < 1.29 is 42.8 Å². The average Bonchev–Trinajstić information content (AvgIpc) is 2.41. The second-order valence-corrected chi connectivity index (χ2v) is 1.08. The fourth-order valence-electron chi connectivity index (χ4n) is 0.342. The molecule has 4 N–H and O–H groups in total. The maximum Gasteiger partial charge on any atom is 0.0319 e. The molecule has 0 bridgehead atoms. The molecule has 0 saturated heterocycles. The van der Waals surface area contributed by atoms with Crippen molar-refractivity contribution in [2.75, 3.05) is 28.4 Å². The third kappa shape index (κ3) is 57.1. The van der Waals surface area contributed by atoms with E-state index in [2.05, 4.69) is 6.07 Å². The predicted octanol–water partition coefficient (Wildman–Crippen LogP) is -0.0817. The van der Waals surface area contributed by atoms with E-state index in [-0.39, 0.29) is 22.4 Å². The Labute approximate surface area is 108 Å². The van der Waals surface area contributed by atoms with E-state index in [9.17, 15) is 0 Å². The average molecular weight is 386 g/mol. The van der Waals surface area contributed by atoms with Crippen molar-refractivity contribution in [2.45, 2.75) is 0 Å². The first-order chi connectivity index (χ1) is 7.00. The molecular weight excluding hydrogens is 365 g/mol. The zero-order valence-electron chi connectivity index (χ0n) is 9.62. The van der Waals surface area contributed by atoms with Gasteiger partial charge < -0.3 is 20.4 Å². The molecule has 1 rings (SSSR count). The molecule has 1 aromatic rings. The second kappa shape index (κ2) is 67.2. The van der Waals surface area contributed by atoms with Gasteiger partial charge in [0.05, 0.1) is 0 Å². The van der Waals surface area contributed by atoms with Crippen molar-refractivity contribution in [3.05, 3.63) is 36.4 Å². The van der Waals surface area contributed by atoms with E-state index in [0.717, 1.165) is 28.4 Å². The van der Waals surface area contributed by atoms with Gasteiger partial charge in [0.15, 0.2) is 0 Å². The zero-order chi connectivity index (χ0) is 12.2. The molecule has 5 heteroatoms. The summed E-state index contributed by atoms with van der Waals surface area (Å²) in [6, 6.07) is 12.5. The van der Waals surface area contributed by atoms with E-state index >= 15 is 0 Å². The number of aliphatic hydroxyl groups is 4. The molecule has 91 valence electrons. The van der Waals surface area contributed by atoms with Crippen molar-refractivity contribution in [1.29, 1.82) is 0 Å². The van der Waals surface area contributed by atoms with Gasteiger partial charge in [0.25, 0.3) is 0 Å². The normalized spacial score (nSPS) is 4.80. The van der Waals surface area contributed by atoms with E-state index in [0.29, 0.717) is 0 Å². The minimum atomic E-state index is 0. The molecule has 0 atom stereocenters. The number of hydrogen-bond donors (Lipinski definition) is 4. The van der Waals surface area contributed by atoms with Crippen molar-refractivity contribution in [3.63, 3.8) is 0 Å². The van der Waals surface area contributed by atoms with E-state index in [1.165, 1.54) is 0 Å². The van der Waals surface area contributed by atoms with Gasteiger partial charge in [-0.05, 0) is 0 Å². The summed E-state index contributed by atoms with van der Waals surface area (Å²) in [5.41, 5.74) is 0. The smallest absolute Gasteiger partial charge is 0.0319 e. The fourth-order valence-corrected chi connectivity index (χ4v) is 0.342. The Hall–Kier alpha value is -0.200. The molecule has 15 heavy (non-hydrogen) atoms. The minimum Gasteiger partial charge on any atom is -0.400 e. The van der Waals surface area contributed by atoms with Gasteiger partial charge in [0.2, 0.25) is 0 Å². The van der Waals surface area contributed by atoms with E-state index in [4.69, 9.17) is 20.4 Å². The van der Waals surface area contributed by atoms with Crippen LogP contribution in [0.3, 0.4) is 0 Å². The third-order valence-electron chi connectivity index (χ3n) is 0.607. The summed E-state index contributed by atoms with van der Waals surface area (Å²) in [5, 5.41) is 28.0. The second-order valence-electron chi connectivity index (χ2n) is 1.08. The third-order valence-corrected chi connectivity index (χ3v) is 0.607. The van der Waals surface area contributed by atoms with Crippen LogP contribution in [0.1, 0.15) is 0 Å². The Morgan fingerprint density at radius 2 is 0.867 bits per heavy atom. The molecule has 0 heterocycles. The van der Waals surface area contributed by atoms with Crippen LogP contribution >= 0.6 is 0 Å². The molecule has 0 aromatic heterocycles. The summed E-state index contributed by atoms with van der Waals surface area (Å²) in [7, 11) is 4.00. The van der Waals surface area contributed by atoms with Crippen LogP contribution in [0.25, 0.3) is 0 Å². The van der Waals surface area contributed by atoms with E-state index in [1.54, 1.807) is 0 Å². The van der Waals surface area contributed by atoms with E-state index < -0.39 is 0 Å². The molecule has 0 aliphatic heterocycles. The molecule has 1 aromatic carbocycles. The quantitative estimate of drug-likeness (QED) is 0.471. The van der Waals surface area contributed by atoms with Crippen LogP contribution in [0.4, 0.5) is 0 Å². The summed E-state index contributed by atoms with van der Waals surface area (Å²) < 4.78 is 0. The largest absolute Gasteiger partial charge is 0.400 e. The molecule has 0 amide bonds. The molecule has 0 saturated carbocycles. The summed E-state index contributed by atoms with van der Waals surface area (Å²) >= 11 is 0. The summed E-state index contributed by atoms with van der Waals surface area (Å²) in [4.78, 5) is 0. The van der Waals surface area contributed by atoms with Gasteiger partial charge in [-0.2, -0.15) is 36.4 Å². The first-order valence-corrected chi connectivity index (χ1v) is 3.70. The van der Waals surface area contributed by atoms with Crippen LogP contribution in [-0.2, 0) is 22.4 Å². The summed E-state index contributed by atoms with van der Waals surface area (Å²) in [5.74, 6) is 0. The van der Waals surface area contributed by atoms with Crippen LogP contribution in [0.15, 0.2) is 30.3 Å². The molecule has 0 fully saturated rings. The summed E-state index contributed by atoms with van der Waals surface area (Å²) in [6.07, 6.45) is 0. The zero-order valence-corrected chi connectivity index (χ0v) is 12.8. The van der Waals surface area contributed by atoms with Crippen LogP contribution in [0.2, 0.25) is 0 Å². The first-order valence-electron chi connectivity index (χ1n) is 3.70. The number of rotatable bonds is 0. The Morgan fingerprint density at radius 3 is 0.933 bits per heavy atom. The number of aliphatic hydroxyl groups excluding tert-OH is 4. The Bertz CT molecular complexity index is 89.3. The van der Waals surface area contributed by atoms with Crippen LogP contribution in [0, 0.1) is 6.07 Å². The monoisotopic (exact) mass is 386 g/mol. The van der Waals surface area contributed by atoms with Gasteiger partial charge >= 0.3 is 0 Å². The predicted molar refractivity (Wildman–Crippen MR) is 57.8 cm³/mol. The first kappa shape index (κ1) is 29.3. The Balaban J connectivity index is -0.0000000325. The van der Waals surface area contributed by atoms with Gasteiger partial charge in [-0.1, -0.05) is 0 Å². The van der Waals surface area contributed by atoms with Crippen molar-refractivity contribution >= 4 is 0 Å².